The quantitative estimate of drug-likeness (QED) is 0.601. The molecule has 0 saturated carbocycles. The minimum absolute atomic E-state index is 0.810. The van der Waals surface area contributed by atoms with Crippen LogP contribution in [0.1, 0.15) is 19.3 Å². The fourth-order valence-corrected chi connectivity index (χ4v) is 2.36. The minimum Gasteiger partial charge on any atom is -0.315 e. The van der Waals surface area contributed by atoms with Crippen LogP contribution in [0.4, 0.5) is 0 Å². The Morgan fingerprint density at radius 3 is 2.62 bits per heavy atom. The number of piperazine rings is 1. The summed E-state index contributed by atoms with van der Waals surface area (Å²) in [4.78, 5) is 2.65. The average Bonchev–Trinajstić information content (AvgIpc) is 2.47. The van der Waals surface area contributed by atoms with Gasteiger partial charge in [-0.2, -0.15) is 0 Å². The molecule has 3 nitrogen and oxygen atoms in total. The highest BCUT2D eigenvalue weighted by atomic mass is 15.2. The van der Waals surface area contributed by atoms with Crippen LogP contribution >= 0.6 is 0 Å². The highest BCUT2D eigenvalue weighted by Gasteiger charge is 2.20. The van der Waals surface area contributed by atoms with E-state index in [0.29, 0.717) is 0 Å². The maximum atomic E-state index is 3.53. The average molecular weight is 183 g/mol. The molecule has 2 heterocycles. The first-order chi connectivity index (χ1) is 6.47. The lowest BCUT2D eigenvalue weighted by Gasteiger charge is -2.34. The first-order valence-corrected chi connectivity index (χ1v) is 5.62. The molecule has 0 aromatic rings. The Kier molecular flexibility index (Phi) is 3.58. The minimum atomic E-state index is 0.810. The predicted molar refractivity (Wildman–Crippen MR) is 55.0 cm³/mol. The second kappa shape index (κ2) is 4.94. The maximum Gasteiger partial charge on any atom is 0.0221 e. The smallest absolute Gasteiger partial charge is 0.0221 e. The summed E-state index contributed by atoms with van der Waals surface area (Å²) in [5.41, 5.74) is 0. The topological polar surface area (TPSA) is 27.3 Å². The lowest BCUT2D eigenvalue weighted by molar-refractivity contribution is 0.166. The van der Waals surface area contributed by atoms with Crippen molar-refractivity contribution in [2.45, 2.75) is 25.3 Å². The van der Waals surface area contributed by atoms with E-state index in [1.165, 1.54) is 58.5 Å². The molecule has 0 spiro atoms. The van der Waals surface area contributed by atoms with Gasteiger partial charge in [-0.25, -0.2) is 0 Å². The van der Waals surface area contributed by atoms with Crippen molar-refractivity contribution < 1.29 is 0 Å². The number of rotatable bonds is 1. The summed E-state index contributed by atoms with van der Waals surface area (Å²) in [5.74, 6) is 0. The van der Waals surface area contributed by atoms with Crippen molar-refractivity contribution in [3.05, 3.63) is 0 Å². The second-order valence-electron chi connectivity index (χ2n) is 4.14. The summed E-state index contributed by atoms with van der Waals surface area (Å²) in [5, 5.41) is 6.94. The fourth-order valence-electron chi connectivity index (χ4n) is 2.36. The molecule has 76 valence electrons. The molecule has 0 aromatic carbocycles. The van der Waals surface area contributed by atoms with Crippen LogP contribution in [-0.2, 0) is 0 Å². The molecule has 2 aliphatic heterocycles. The third-order valence-electron chi connectivity index (χ3n) is 3.19. The molecule has 2 fully saturated rings. The van der Waals surface area contributed by atoms with E-state index in [0.717, 1.165) is 6.04 Å². The highest BCUT2D eigenvalue weighted by molar-refractivity contribution is 4.80. The number of hydrogen-bond acceptors (Lipinski definition) is 3. The summed E-state index contributed by atoms with van der Waals surface area (Å²) in [6.45, 7) is 7.27. The second-order valence-corrected chi connectivity index (χ2v) is 4.14. The summed E-state index contributed by atoms with van der Waals surface area (Å²) in [6, 6.07) is 0.810. The van der Waals surface area contributed by atoms with Gasteiger partial charge < -0.3 is 10.6 Å². The predicted octanol–water partition coefficient (Wildman–Crippen LogP) is 0.0337. The number of hydrogen-bond donors (Lipinski definition) is 2. The molecule has 2 N–H and O–H groups in total. The van der Waals surface area contributed by atoms with E-state index in [4.69, 9.17) is 0 Å². The van der Waals surface area contributed by atoms with Crippen LogP contribution in [0, 0.1) is 0 Å². The van der Waals surface area contributed by atoms with Gasteiger partial charge in [-0.15, -0.1) is 0 Å². The Balaban J connectivity index is 1.82. The Morgan fingerprint density at radius 2 is 1.77 bits per heavy atom. The fraction of sp³-hybridized carbons (Fsp3) is 1.00. The van der Waals surface area contributed by atoms with Gasteiger partial charge in [0.15, 0.2) is 0 Å². The SMILES string of the molecule is C1CCC(N2CCNCC2)CNC1. The molecule has 2 aliphatic rings. The maximum absolute atomic E-state index is 3.53. The van der Waals surface area contributed by atoms with E-state index in [2.05, 4.69) is 15.5 Å². The van der Waals surface area contributed by atoms with Gasteiger partial charge in [0.1, 0.15) is 0 Å². The van der Waals surface area contributed by atoms with Gasteiger partial charge in [0, 0.05) is 38.8 Å². The zero-order valence-corrected chi connectivity index (χ0v) is 8.39. The molecule has 0 amide bonds. The number of nitrogens with zero attached hydrogens (tertiary/aromatic N) is 1. The Morgan fingerprint density at radius 1 is 0.923 bits per heavy atom. The van der Waals surface area contributed by atoms with Gasteiger partial charge in [0.05, 0.1) is 0 Å². The van der Waals surface area contributed by atoms with Crippen molar-refractivity contribution in [3.63, 3.8) is 0 Å². The van der Waals surface area contributed by atoms with E-state index in [1.807, 2.05) is 0 Å². The molecular formula is C10H21N3. The summed E-state index contributed by atoms with van der Waals surface area (Å²) in [7, 11) is 0. The van der Waals surface area contributed by atoms with E-state index in [-0.39, 0.29) is 0 Å². The summed E-state index contributed by atoms with van der Waals surface area (Å²) >= 11 is 0. The van der Waals surface area contributed by atoms with Crippen molar-refractivity contribution in [2.24, 2.45) is 0 Å². The lowest BCUT2D eigenvalue weighted by atomic mass is 10.1. The van der Waals surface area contributed by atoms with Crippen molar-refractivity contribution >= 4 is 0 Å². The molecule has 0 bridgehead atoms. The van der Waals surface area contributed by atoms with Crippen LogP contribution < -0.4 is 10.6 Å². The molecule has 2 rings (SSSR count). The van der Waals surface area contributed by atoms with Crippen LogP contribution in [0.15, 0.2) is 0 Å². The van der Waals surface area contributed by atoms with E-state index >= 15 is 0 Å². The molecule has 2 saturated heterocycles. The van der Waals surface area contributed by atoms with Gasteiger partial charge in [0.2, 0.25) is 0 Å². The zero-order chi connectivity index (χ0) is 8.93. The lowest BCUT2D eigenvalue weighted by Crippen LogP contribution is -2.50. The van der Waals surface area contributed by atoms with Gasteiger partial charge in [-0.3, -0.25) is 4.90 Å². The van der Waals surface area contributed by atoms with Crippen molar-refractivity contribution in [1.29, 1.82) is 0 Å². The summed E-state index contributed by atoms with van der Waals surface area (Å²) in [6.07, 6.45) is 4.16. The van der Waals surface area contributed by atoms with Crippen molar-refractivity contribution in [3.8, 4) is 0 Å². The Bertz CT molecular complexity index is 135. The Labute approximate surface area is 80.9 Å². The molecule has 13 heavy (non-hydrogen) atoms. The van der Waals surface area contributed by atoms with Crippen LogP contribution in [0.2, 0.25) is 0 Å². The van der Waals surface area contributed by atoms with Crippen LogP contribution in [-0.4, -0.2) is 50.2 Å². The van der Waals surface area contributed by atoms with Gasteiger partial charge >= 0.3 is 0 Å². The van der Waals surface area contributed by atoms with Gasteiger partial charge in [-0.1, -0.05) is 6.42 Å². The molecule has 0 aliphatic carbocycles. The molecule has 0 radical (unpaired) electrons. The molecule has 3 heteroatoms. The third kappa shape index (κ3) is 2.66. The van der Waals surface area contributed by atoms with Crippen molar-refractivity contribution in [1.82, 2.24) is 15.5 Å². The first-order valence-electron chi connectivity index (χ1n) is 5.62. The van der Waals surface area contributed by atoms with Crippen LogP contribution in [0.5, 0.6) is 0 Å². The highest BCUT2D eigenvalue weighted by Crippen LogP contribution is 2.11. The molecular weight excluding hydrogens is 162 g/mol. The van der Waals surface area contributed by atoms with E-state index < -0.39 is 0 Å². The molecule has 0 aromatic heterocycles. The van der Waals surface area contributed by atoms with Crippen LogP contribution in [0.25, 0.3) is 0 Å². The van der Waals surface area contributed by atoms with Crippen molar-refractivity contribution in [2.75, 3.05) is 39.3 Å². The third-order valence-corrected chi connectivity index (χ3v) is 3.19. The Hall–Kier alpha value is -0.120. The van der Waals surface area contributed by atoms with Gasteiger partial charge in [-0.05, 0) is 19.4 Å². The zero-order valence-electron chi connectivity index (χ0n) is 8.39. The standard InChI is InChI=1S/C10H21N3/c1-2-4-12-9-10(3-1)13-7-5-11-6-8-13/h10-12H,1-9H2. The summed E-state index contributed by atoms with van der Waals surface area (Å²) < 4.78 is 0. The molecule has 1 unspecified atom stereocenters. The van der Waals surface area contributed by atoms with E-state index in [1.54, 1.807) is 0 Å². The number of nitrogens with one attached hydrogen (secondary N) is 2. The first kappa shape index (κ1) is 9.44. The van der Waals surface area contributed by atoms with E-state index in [9.17, 15) is 0 Å². The molecule has 1 atom stereocenters. The van der Waals surface area contributed by atoms with Gasteiger partial charge in [0.25, 0.3) is 0 Å². The normalized spacial score (nSPS) is 32.8. The van der Waals surface area contributed by atoms with Crippen LogP contribution in [0.3, 0.4) is 0 Å². The largest absolute Gasteiger partial charge is 0.315 e. The monoisotopic (exact) mass is 183 g/mol.